The second-order valence-electron chi connectivity index (χ2n) is 5.64. The fourth-order valence-electron chi connectivity index (χ4n) is 1.63. The molecule has 0 aromatic carbocycles. The van der Waals surface area contributed by atoms with Crippen molar-refractivity contribution < 1.29 is 33.9 Å². The number of rotatable bonds is 11. The Morgan fingerprint density at radius 1 is 0.889 bits per heavy atom. The second-order valence-corrected chi connectivity index (χ2v) is 5.64. The first-order chi connectivity index (χ1) is 12.4. The van der Waals surface area contributed by atoms with E-state index in [0.717, 1.165) is 0 Å². The molecule has 0 radical (unpaired) electrons. The monoisotopic (exact) mass is 388 g/mol. The zero-order valence-corrected chi connectivity index (χ0v) is 14.9. The predicted molar refractivity (Wildman–Crippen MR) is 90.7 cm³/mol. The first kappa shape index (κ1) is 23.8. The number of nitrogens with two attached hydrogens (primary N) is 2. The van der Waals surface area contributed by atoms with Crippen molar-refractivity contribution in [2.75, 3.05) is 13.1 Å². The molecule has 3 unspecified atom stereocenters. The maximum absolute atomic E-state index is 11.9. The summed E-state index contributed by atoms with van der Waals surface area (Å²) in [4.78, 5) is 68.0. The zero-order valence-electron chi connectivity index (χ0n) is 14.9. The van der Waals surface area contributed by atoms with Crippen molar-refractivity contribution in [1.82, 2.24) is 21.3 Å². The summed E-state index contributed by atoms with van der Waals surface area (Å²) in [6.07, 6.45) is -0.606. The lowest BCUT2D eigenvalue weighted by Crippen LogP contribution is -2.53. The van der Waals surface area contributed by atoms with Gasteiger partial charge >= 0.3 is 5.97 Å². The highest BCUT2D eigenvalue weighted by Crippen LogP contribution is 1.94. The largest absolute Gasteiger partial charge is 0.480 e. The Hall–Kier alpha value is -3.22. The van der Waals surface area contributed by atoms with Crippen LogP contribution in [-0.2, 0) is 28.8 Å². The van der Waals surface area contributed by atoms with Gasteiger partial charge in [-0.25, -0.2) is 4.79 Å². The summed E-state index contributed by atoms with van der Waals surface area (Å²) in [6.45, 7) is 1.86. The van der Waals surface area contributed by atoms with Crippen LogP contribution in [0.2, 0.25) is 0 Å². The van der Waals surface area contributed by atoms with E-state index in [1.165, 1.54) is 13.8 Å². The van der Waals surface area contributed by atoms with Gasteiger partial charge in [-0.1, -0.05) is 0 Å². The number of amides is 5. The van der Waals surface area contributed by atoms with Crippen LogP contribution in [0.1, 0.15) is 20.3 Å². The molecule has 0 fully saturated rings. The van der Waals surface area contributed by atoms with Crippen LogP contribution in [0.15, 0.2) is 0 Å². The quantitative estimate of drug-likeness (QED) is 0.182. The van der Waals surface area contributed by atoms with Gasteiger partial charge in [-0.05, 0) is 13.8 Å². The molecule has 5 amide bonds. The fraction of sp³-hybridized carbons (Fsp3) is 0.571. The molecule has 0 aromatic heterocycles. The minimum absolute atomic E-state index is 0.378. The lowest BCUT2D eigenvalue weighted by Gasteiger charge is -2.18. The SMILES string of the molecule is CC(N)C(=O)NCC(=O)NCC(=O)NC(C)C(=O)NC(CC(N)=O)C(=O)O. The lowest BCUT2D eigenvalue weighted by atomic mass is 10.2. The van der Waals surface area contributed by atoms with Crippen molar-refractivity contribution >= 4 is 35.5 Å². The van der Waals surface area contributed by atoms with Crippen LogP contribution in [0.5, 0.6) is 0 Å². The number of aliphatic carboxylic acids is 1. The van der Waals surface area contributed by atoms with Gasteiger partial charge < -0.3 is 37.8 Å². The molecule has 13 nitrogen and oxygen atoms in total. The van der Waals surface area contributed by atoms with Gasteiger partial charge in [-0.15, -0.1) is 0 Å². The molecule has 0 rings (SSSR count). The van der Waals surface area contributed by atoms with Crippen molar-refractivity contribution in [2.45, 2.75) is 38.4 Å². The second kappa shape index (κ2) is 11.4. The Kier molecular flexibility index (Phi) is 10.0. The van der Waals surface area contributed by atoms with E-state index in [1.807, 2.05) is 0 Å². The highest BCUT2D eigenvalue weighted by Gasteiger charge is 2.25. The van der Waals surface area contributed by atoms with Crippen LogP contribution >= 0.6 is 0 Å². The van der Waals surface area contributed by atoms with E-state index >= 15 is 0 Å². The molecule has 0 aliphatic rings. The number of carbonyl (C=O) groups excluding carboxylic acids is 5. The molecule has 0 aliphatic carbocycles. The number of nitrogens with one attached hydrogen (secondary N) is 4. The average Bonchev–Trinajstić information content (AvgIpc) is 2.56. The van der Waals surface area contributed by atoms with Crippen LogP contribution in [0, 0.1) is 0 Å². The predicted octanol–water partition coefficient (Wildman–Crippen LogP) is -4.48. The summed E-state index contributed by atoms with van der Waals surface area (Å²) < 4.78 is 0. The Labute approximate surface area is 154 Å². The minimum atomic E-state index is -1.53. The van der Waals surface area contributed by atoms with Gasteiger partial charge in [-0.2, -0.15) is 0 Å². The molecule has 152 valence electrons. The summed E-state index contributed by atoms with van der Waals surface area (Å²) in [5.41, 5.74) is 10.2. The summed E-state index contributed by atoms with van der Waals surface area (Å²) in [5.74, 6) is -5.15. The summed E-state index contributed by atoms with van der Waals surface area (Å²) in [6, 6.07) is -3.45. The topological polar surface area (TPSA) is 223 Å². The van der Waals surface area contributed by atoms with E-state index in [-0.39, 0.29) is 6.54 Å². The van der Waals surface area contributed by atoms with E-state index in [4.69, 9.17) is 16.6 Å². The summed E-state index contributed by atoms with van der Waals surface area (Å²) >= 11 is 0. The van der Waals surface area contributed by atoms with Crippen molar-refractivity contribution in [3.05, 3.63) is 0 Å². The van der Waals surface area contributed by atoms with E-state index in [0.29, 0.717) is 0 Å². The van der Waals surface area contributed by atoms with Gasteiger partial charge in [-0.3, -0.25) is 24.0 Å². The van der Waals surface area contributed by atoms with Crippen molar-refractivity contribution in [2.24, 2.45) is 11.5 Å². The summed E-state index contributed by atoms with van der Waals surface area (Å²) in [5, 5.41) is 17.7. The molecule has 0 saturated heterocycles. The Balaban J connectivity index is 4.34. The maximum Gasteiger partial charge on any atom is 0.326 e. The van der Waals surface area contributed by atoms with Gasteiger partial charge in [0.2, 0.25) is 29.5 Å². The number of hydrogen-bond donors (Lipinski definition) is 7. The van der Waals surface area contributed by atoms with Crippen molar-refractivity contribution in [3.63, 3.8) is 0 Å². The third-order valence-electron chi connectivity index (χ3n) is 3.07. The molecule has 0 aliphatic heterocycles. The normalized spacial score (nSPS) is 13.4. The number of primary amides is 1. The Morgan fingerprint density at radius 2 is 1.44 bits per heavy atom. The van der Waals surface area contributed by atoms with Gasteiger partial charge in [0.25, 0.3) is 0 Å². The number of carbonyl (C=O) groups is 6. The van der Waals surface area contributed by atoms with E-state index in [2.05, 4.69) is 21.3 Å². The molecular formula is C14H24N6O7. The smallest absolute Gasteiger partial charge is 0.326 e. The maximum atomic E-state index is 11.9. The molecule has 0 spiro atoms. The Bertz CT molecular complexity index is 607. The molecule has 0 saturated carbocycles. The molecule has 9 N–H and O–H groups in total. The minimum Gasteiger partial charge on any atom is -0.480 e. The molecule has 27 heavy (non-hydrogen) atoms. The van der Waals surface area contributed by atoms with Gasteiger partial charge in [0.05, 0.1) is 25.6 Å². The molecule has 13 heteroatoms. The van der Waals surface area contributed by atoms with E-state index < -0.39 is 66.6 Å². The Morgan fingerprint density at radius 3 is 1.93 bits per heavy atom. The first-order valence-corrected chi connectivity index (χ1v) is 7.84. The van der Waals surface area contributed by atoms with Crippen LogP contribution in [0.25, 0.3) is 0 Å². The number of hydrogen-bond acceptors (Lipinski definition) is 7. The van der Waals surface area contributed by atoms with Crippen LogP contribution in [0.4, 0.5) is 0 Å². The van der Waals surface area contributed by atoms with Crippen molar-refractivity contribution in [1.29, 1.82) is 0 Å². The molecule has 0 aromatic rings. The van der Waals surface area contributed by atoms with Gasteiger partial charge in [0.15, 0.2) is 0 Å². The van der Waals surface area contributed by atoms with Crippen molar-refractivity contribution in [3.8, 4) is 0 Å². The fourth-order valence-corrected chi connectivity index (χ4v) is 1.63. The highest BCUT2D eigenvalue weighted by molar-refractivity contribution is 5.93. The van der Waals surface area contributed by atoms with Gasteiger partial charge in [0, 0.05) is 0 Å². The van der Waals surface area contributed by atoms with Crippen LogP contribution in [-0.4, -0.2) is 71.8 Å². The van der Waals surface area contributed by atoms with Gasteiger partial charge in [0.1, 0.15) is 12.1 Å². The van der Waals surface area contributed by atoms with E-state index in [1.54, 1.807) is 0 Å². The molecule has 0 heterocycles. The lowest BCUT2D eigenvalue weighted by molar-refractivity contribution is -0.143. The third kappa shape index (κ3) is 10.4. The van der Waals surface area contributed by atoms with E-state index in [9.17, 15) is 28.8 Å². The molecule has 3 atom stereocenters. The van der Waals surface area contributed by atoms with Crippen LogP contribution in [0.3, 0.4) is 0 Å². The molecule has 0 bridgehead atoms. The summed E-state index contributed by atoms with van der Waals surface area (Å²) in [7, 11) is 0. The number of carboxylic acids is 1. The first-order valence-electron chi connectivity index (χ1n) is 7.84. The van der Waals surface area contributed by atoms with Crippen LogP contribution < -0.4 is 32.7 Å². The standard InChI is InChI=1S/C14H24N6O7/c1-6(15)12(24)18-4-10(22)17-5-11(23)19-7(2)13(25)20-8(14(26)27)3-9(16)21/h6-8H,3-5,15H2,1-2H3,(H2,16,21)(H,17,22)(H,18,24)(H,19,23)(H,20,25)(H,26,27). The average molecular weight is 388 g/mol. The third-order valence-corrected chi connectivity index (χ3v) is 3.07. The highest BCUT2D eigenvalue weighted by atomic mass is 16.4. The number of carboxylic acid groups (broad SMARTS) is 1. The molecular weight excluding hydrogens is 364 g/mol. The zero-order chi connectivity index (χ0) is 21.1.